The van der Waals surface area contributed by atoms with Crippen LogP contribution in [0.4, 0.5) is 17.8 Å². The third-order valence-corrected chi connectivity index (χ3v) is 4.34. The SMILES string of the molecule is CCN(CC)c1nc(N)nc(N2CCSC(C)C2)n1. The van der Waals surface area contributed by atoms with Crippen molar-refractivity contribution in [3.63, 3.8) is 0 Å². The van der Waals surface area contributed by atoms with Crippen molar-refractivity contribution in [1.82, 2.24) is 15.0 Å². The number of nitrogens with two attached hydrogens (primary N) is 1. The number of thioether (sulfide) groups is 1. The highest BCUT2D eigenvalue weighted by molar-refractivity contribution is 8.00. The number of rotatable bonds is 4. The van der Waals surface area contributed by atoms with Gasteiger partial charge in [-0.1, -0.05) is 6.92 Å². The van der Waals surface area contributed by atoms with Crippen LogP contribution in [0.5, 0.6) is 0 Å². The normalized spacial score (nSPS) is 19.5. The highest BCUT2D eigenvalue weighted by Gasteiger charge is 2.21. The Morgan fingerprint density at radius 2 is 2.05 bits per heavy atom. The van der Waals surface area contributed by atoms with Gasteiger partial charge in [0, 0.05) is 37.2 Å². The van der Waals surface area contributed by atoms with Crippen LogP contribution < -0.4 is 15.5 Å². The van der Waals surface area contributed by atoms with Gasteiger partial charge in [-0.25, -0.2) is 0 Å². The molecule has 0 radical (unpaired) electrons. The Balaban J connectivity index is 2.25. The Kier molecular flexibility index (Phi) is 4.68. The smallest absolute Gasteiger partial charge is 0.232 e. The van der Waals surface area contributed by atoms with E-state index in [1.54, 1.807) is 0 Å². The minimum Gasteiger partial charge on any atom is -0.368 e. The zero-order valence-corrected chi connectivity index (χ0v) is 12.7. The van der Waals surface area contributed by atoms with Crippen LogP contribution in [-0.2, 0) is 0 Å². The average molecular weight is 282 g/mol. The summed E-state index contributed by atoms with van der Waals surface area (Å²) in [5.74, 6) is 2.80. The van der Waals surface area contributed by atoms with E-state index in [1.807, 2.05) is 11.8 Å². The molecular weight excluding hydrogens is 260 g/mol. The summed E-state index contributed by atoms with van der Waals surface area (Å²) >= 11 is 1.99. The van der Waals surface area contributed by atoms with Crippen molar-refractivity contribution >= 4 is 29.6 Å². The Bertz CT molecular complexity index is 423. The topological polar surface area (TPSA) is 71.2 Å². The number of aromatic nitrogens is 3. The van der Waals surface area contributed by atoms with Gasteiger partial charge in [0.15, 0.2) is 0 Å². The highest BCUT2D eigenvalue weighted by atomic mass is 32.2. The molecule has 1 aliphatic heterocycles. The summed E-state index contributed by atoms with van der Waals surface area (Å²) in [7, 11) is 0. The van der Waals surface area contributed by atoms with Gasteiger partial charge in [0.1, 0.15) is 0 Å². The molecule has 2 heterocycles. The molecule has 2 N–H and O–H groups in total. The first-order chi connectivity index (χ1) is 9.13. The third-order valence-electron chi connectivity index (χ3n) is 3.20. The molecule has 1 aromatic rings. The molecule has 0 spiro atoms. The molecule has 1 aliphatic rings. The Hall–Kier alpha value is -1.24. The van der Waals surface area contributed by atoms with Crippen molar-refractivity contribution in [2.24, 2.45) is 0 Å². The van der Waals surface area contributed by atoms with E-state index in [0.717, 1.165) is 31.9 Å². The van der Waals surface area contributed by atoms with Gasteiger partial charge >= 0.3 is 0 Å². The monoisotopic (exact) mass is 282 g/mol. The van der Waals surface area contributed by atoms with E-state index >= 15 is 0 Å². The zero-order valence-electron chi connectivity index (χ0n) is 11.8. The average Bonchev–Trinajstić information content (AvgIpc) is 2.39. The van der Waals surface area contributed by atoms with Gasteiger partial charge in [-0.2, -0.15) is 26.7 Å². The first-order valence-electron chi connectivity index (χ1n) is 6.77. The summed E-state index contributed by atoms with van der Waals surface area (Å²) in [5, 5.41) is 0.601. The number of anilines is 3. The fraction of sp³-hybridized carbons (Fsp3) is 0.750. The van der Waals surface area contributed by atoms with Gasteiger partial charge in [-0.15, -0.1) is 0 Å². The van der Waals surface area contributed by atoms with Crippen LogP contribution in [0.1, 0.15) is 20.8 Å². The molecule has 6 nitrogen and oxygen atoms in total. The van der Waals surface area contributed by atoms with Crippen LogP contribution >= 0.6 is 11.8 Å². The molecule has 2 rings (SSSR count). The quantitative estimate of drug-likeness (QED) is 0.891. The maximum atomic E-state index is 5.83. The second-order valence-corrected chi connectivity index (χ2v) is 6.14. The predicted molar refractivity (Wildman–Crippen MR) is 81.9 cm³/mol. The van der Waals surface area contributed by atoms with Crippen molar-refractivity contribution in [3.05, 3.63) is 0 Å². The van der Waals surface area contributed by atoms with Crippen LogP contribution in [0, 0.1) is 0 Å². The minimum absolute atomic E-state index is 0.303. The summed E-state index contributed by atoms with van der Waals surface area (Å²) in [6.45, 7) is 10.1. The summed E-state index contributed by atoms with van der Waals surface area (Å²) in [6, 6.07) is 0. The van der Waals surface area contributed by atoms with Crippen molar-refractivity contribution in [2.75, 3.05) is 47.5 Å². The molecule has 0 bridgehead atoms. The van der Waals surface area contributed by atoms with Crippen LogP contribution in [0.15, 0.2) is 0 Å². The minimum atomic E-state index is 0.303. The van der Waals surface area contributed by atoms with Crippen LogP contribution in [0.3, 0.4) is 0 Å². The van der Waals surface area contributed by atoms with Crippen molar-refractivity contribution in [3.8, 4) is 0 Å². The lowest BCUT2D eigenvalue weighted by atomic mass is 10.4. The van der Waals surface area contributed by atoms with E-state index in [0.29, 0.717) is 23.1 Å². The largest absolute Gasteiger partial charge is 0.368 e. The molecule has 106 valence electrons. The van der Waals surface area contributed by atoms with Crippen LogP contribution in [0.2, 0.25) is 0 Å². The van der Waals surface area contributed by atoms with Gasteiger partial charge < -0.3 is 15.5 Å². The van der Waals surface area contributed by atoms with Gasteiger partial charge in [0.05, 0.1) is 0 Å². The molecule has 1 unspecified atom stereocenters. The number of nitrogen functional groups attached to an aromatic ring is 1. The first-order valence-corrected chi connectivity index (χ1v) is 7.82. The lowest BCUT2D eigenvalue weighted by Gasteiger charge is -2.31. The zero-order chi connectivity index (χ0) is 13.8. The lowest BCUT2D eigenvalue weighted by molar-refractivity contribution is 0.740. The Morgan fingerprint density at radius 1 is 1.32 bits per heavy atom. The fourth-order valence-corrected chi connectivity index (χ4v) is 3.17. The summed E-state index contributed by atoms with van der Waals surface area (Å²) in [6.07, 6.45) is 0. The number of hydrogen-bond acceptors (Lipinski definition) is 7. The van der Waals surface area contributed by atoms with Gasteiger partial charge in [-0.3, -0.25) is 0 Å². The molecule has 0 amide bonds. The molecule has 7 heteroatoms. The van der Waals surface area contributed by atoms with Crippen molar-refractivity contribution < 1.29 is 0 Å². The van der Waals surface area contributed by atoms with E-state index in [1.165, 1.54) is 0 Å². The molecule has 1 atom stereocenters. The summed E-state index contributed by atoms with van der Waals surface area (Å²) in [4.78, 5) is 17.4. The number of hydrogen-bond donors (Lipinski definition) is 1. The molecular formula is C12H22N6S. The molecule has 1 saturated heterocycles. The highest BCUT2D eigenvalue weighted by Crippen LogP contribution is 2.22. The molecule has 1 aromatic heterocycles. The molecule has 19 heavy (non-hydrogen) atoms. The Morgan fingerprint density at radius 3 is 2.68 bits per heavy atom. The summed E-state index contributed by atoms with van der Waals surface area (Å²) in [5.41, 5.74) is 5.83. The van der Waals surface area contributed by atoms with E-state index in [-0.39, 0.29) is 0 Å². The molecule has 0 aliphatic carbocycles. The maximum Gasteiger partial charge on any atom is 0.232 e. The fourth-order valence-electron chi connectivity index (χ4n) is 2.16. The van der Waals surface area contributed by atoms with E-state index in [9.17, 15) is 0 Å². The first kappa shape index (κ1) is 14.2. The molecule has 0 saturated carbocycles. The van der Waals surface area contributed by atoms with E-state index < -0.39 is 0 Å². The molecule has 0 aromatic carbocycles. The van der Waals surface area contributed by atoms with Crippen LogP contribution in [-0.4, -0.2) is 52.1 Å². The Labute approximate surface area is 118 Å². The molecule has 1 fully saturated rings. The standard InChI is InChI=1S/C12H22N6S/c1-4-17(5-2)11-14-10(13)15-12(16-11)18-6-7-19-9(3)8-18/h9H,4-8H2,1-3H3,(H2,13,14,15,16). The summed E-state index contributed by atoms with van der Waals surface area (Å²) < 4.78 is 0. The van der Waals surface area contributed by atoms with Gasteiger partial charge in [0.25, 0.3) is 0 Å². The van der Waals surface area contributed by atoms with E-state index in [4.69, 9.17) is 5.73 Å². The van der Waals surface area contributed by atoms with Gasteiger partial charge in [0.2, 0.25) is 17.8 Å². The third kappa shape index (κ3) is 3.40. The number of nitrogens with zero attached hydrogens (tertiary/aromatic N) is 5. The van der Waals surface area contributed by atoms with Crippen LogP contribution in [0.25, 0.3) is 0 Å². The maximum absolute atomic E-state index is 5.83. The predicted octanol–water partition coefficient (Wildman–Crippen LogP) is 1.24. The van der Waals surface area contributed by atoms with E-state index in [2.05, 4.69) is 45.5 Å². The second-order valence-electron chi connectivity index (χ2n) is 4.59. The lowest BCUT2D eigenvalue weighted by Crippen LogP contribution is -2.38. The second kappa shape index (κ2) is 6.27. The van der Waals surface area contributed by atoms with Crippen molar-refractivity contribution in [2.45, 2.75) is 26.0 Å². The van der Waals surface area contributed by atoms with Gasteiger partial charge in [-0.05, 0) is 13.8 Å². The van der Waals surface area contributed by atoms with Crippen molar-refractivity contribution in [1.29, 1.82) is 0 Å².